The second-order valence-electron chi connectivity index (χ2n) is 7.11. The van der Waals surface area contributed by atoms with Crippen LogP contribution in [-0.2, 0) is 10.9 Å². The molecule has 0 aromatic heterocycles. The molecule has 3 aromatic carbocycles. The van der Waals surface area contributed by atoms with Crippen molar-refractivity contribution in [3.8, 4) is 11.1 Å². The topological polar surface area (TPSA) is 21.6 Å². The van der Waals surface area contributed by atoms with Gasteiger partial charge in [0.15, 0.2) is 0 Å². The molecule has 0 spiro atoms. The fraction of sp³-hybridized carbons (Fsp3) is 0.174. The van der Waals surface area contributed by atoms with E-state index in [0.717, 1.165) is 24.3 Å². The lowest BCUT2D eigenvalue weighted by atomic mass is 9.98. The quantitative estimate of drug-likeness (QED) is 0.420. The van der Waals surface area contributed by atoms with Gasteiger partial charge in [0.25, 0.3) is 0 Å². The molecule has 160 valence electrons. The molecule has 0 unspecified atom stereocenters. The summed E-state index contributed by atoms with van der Waals surface area (Å²) in [5.74, 6) is -2.72. The third-order valence-electron chi connectivity index (χ3n) is 5.03. The summed E-state index contributed by atoms with van der Waals surface area (Å²) in [6.07, 6.45) is -5.14. The number of rotatable bonds is 3. The van der Waals surface area contributed by atoms with E-state index in [9.17, 15) is 26.3 Å². The standard InChI is InChI=1S/C23H15F6NO/c1-12-21(30-22(31-12)20-17(24)3-2-4-18(20)25)14-7-5-13(6-8-14)16-10-9-15(11-19(16)26)23(27,28)29/h2-12,21H,1H3/t12-,21+/m1/s1. The first-order valence-corrected chi connectivity index (χ1v) is 9.31. The summed E-state index contributed by atoms with van der Waals surface area (Å²) in [7, 11) is 0. The number of hydrogen-bond acceptors (Lipinski definition) is 2. The number of alkyl halides is 3. The molecule has 0 radical (unpaired) electrons. The molecule has 0 bridgehead atoms. The fourth-order valence-electron chi connectivity index (χ4n) is 3.46. The molecule has 1 heterocycles. The predicted molar refractivity (Wildman–Crippen MR) is 103 cm³/mol. The first kappa shape index (κ1) is 21.0. The Balaban J connectivity index is 1.62. The van der Waals surface area contributed by atoms with Crippen LogP contribution in [0.5, 0.6) is 0 Å². The highest BCUT2D eigenvalue weighted by Crippen LogP contribution is 2.35. The van der Waals surface area contributed by atoms with Crippen molar-refractivity contribution in [2.45, 2.75) is 25.2 Å². The Morgan fingerprint density at radius 1 is 0.839 bits per heavy atom. The molecule has 2 atom stereocenters. The minimum Gasteiger partial charge on any atom is -0.472 e. The third-order valence-corrected chi connectivity index (χ3v) is 5.03. The van der Waals surface area contributed by atoms with Crippen LogP contribution in [0.25, 0.3) is 11.1 Å². The number of aliphatic imine (C=N–C) groups is 1. The average Bonchev–Trinajstić information content (AvgIpc) is 3.08. The maximum Gasteiger partial charge on any atom is 0.416 e. The lowest BCUT2D eigenvalue weighted by Gasteiger charge is -2.14. The zero-order valence-electron chi connectivity index (χ0n) is 16.1. The Bertz CT molecular complexity index is 1130. The van der Waals surface area contributed by atoms with Crippen LogP contribution in [0.15, 0.2) is 65.7 Å². The van der Waals surface area contributed by atoms with Gasteiger partial charge in [0, 0.05) is 5.56 Å². The maximum atomic E-state index is 14.2. The summed E-state index contributed by atoms with van der Waals surface area (Å²) < 4.78 is 86.0. The number of hydrogen-bond donors (Lipinski definition) is 0. The molecule has 1 aliphatic rings. The highest BCUT2D eigenvalue weighted by atomic mass is 19.4. The Hall–Kier alpha value is -3.29. The smallest absolute Gasteiger partial charge is 0.416 e. The van der Waals surface area contributed by atoms with Crippen molar-refractivity contribution in [2.24, 2.45) is 4.99 Å². The zero-order chi connectivity index (χ0) is 22.3. The van der Waals surface area contributed by atoms with Crippen LogP contribution in [0.4, 0.5) is 26.3 Å². The van der Waals surface area contributed by atoms with Gasteiger partial charge in [-0.1, -0.05) is 36.4 Å². The number of ether oxygens (including phenoxy) is 1. The van der Waals surface area contributed by atoms with Crippen LogP contribution in [0.3, 0.4) is 0 Å². The van der Waals surface area contributed by atoms with E-state index in [4.69, 9.17) is 4.74 Å². The van der Waals surface area contributed by atoms with Crippen molar-refractivity contribution < 1.29 is 31.1 Å². The summed E-state index contributed by atoms with van der Waals surface area (Å²) >= 11 is 0. The monoisotopic (exact) mass is 435 g/mol. The van der Waals surface area contributed by atoms with E-state index in [0.29, 0.717) is 17.2 Å². The Kier molecular flexibility index (Phi) is 5.24. The summed E-state index contributed by atoms with van der Waals surface area (Å²) in [5.41, 5.74) is -0.362. The molecule has 2 nitrogen and oxygen atoms in total. The minimum atomic E-state index is -4.63. The molecule has 0 amide bonds. The maximum absolute atomic E-state index is 14.2. The molecule has 0 N–H and O–H groups in total. The molecule has 3 aromatic rings. The van der Waals surface area contributed by atoms with E-state index in [2.05, 4.69) is 4.99 Å². The van der Waals surface area contributed by atoms with Crippen LogP contribution >= 0.6 is 0 Å². The predicted octanol–water partition coefficient (Wildman–Crippen LogP) is 6.70. The van der Waals surface area contributed by atoms with Gasteiger partial charge in [0.05, 0.1) is 5.56 Å². The molecule has 0 aliphatic carbocycles. The van der Waals surface area contributed by atoms with E-state index in [1.807, 2.05) is 0 Å². The second kappa shape index (κ2) is 7.76. The number of benzene rings is 3. The van der Waals surface area contributed by atoms with Crippen molar-refractivity contribution in [3.05, 3.63) is 94.8 Å². The summed E-state index contributed by atoms with van der Waals surface area (Å²) in [6, 6.07) is 11.6. The average molecular weight is 435 g/mol. The lowest BCUT2D eigenvalue weighted by Crippen LogP contribution is -2.14. The van der Waals surface area contributed by atoms with Crippen molar-refractivity contribution in [2.75, 3.05) is 0 Å². The van der Waals surface area contributed by atoms with Gasteiger partial charge in [-0.05, 0) is 42.3 Å². The Labute approximate surface area is 173 Å². The van der Waals surface area contributed by atoms with Crippen molar-refractivity contribution >= 4 is 5.90 Å². The molecule has 0 saturated carbocycles. The molecule has 31 heavy (non-hydrogen) atoms. The first-order valence-electron chi connectivity index (χ1n) is 9.31. The highest BCUT2D eigenvalue weighted by molar-refractivity contribution is 5.96. The van der Waals surface area contributed by atoms with Gasteiger partial charge < -0.3 is 4.74 Å². The molecule has 0 fully saturated rings. The second-order valence-corrected chi connectivity index (χ2v) is 7.11. The first-order chi connectivity index (χ1) is 14.6. The van der Waals surface area contributed by atoms with E-state index in [1.54, 1.807) is 31.2 Å². The van der Waals surface area contributed by atoms with Crippen molar-refractivity contribution in [3.63, 3.8) is 0 Å². The van der Waals surface area contributed by atoms with Crippen LogP contribution in [0, 0.1) is 17.5 Å². The molecule has 0 saturated heterocycles. The number of nitrogens with zero attached hydrogens (tertiary/aromatic N) is 1. The fourth-order valence-corrected chi connectivity index (χ4v) is 3.46. The third kappa shape index (κ3) is 4.02. The minimum absolute atomic E-state index is 0.0212. The zero-order valence-corrected chi connectivity index (χ0v) is 16.1. The van der Waals surface area contributed by atoms with Crippen molar-refractivity contribution in [1.29, 1.82) is 0 Å². The SMILES string of the molecule is C[C@H]1OC(c2c(F)cccc2F)=N[C@@H]1c1ccc(-c2ccc(C(F)(F)F)cc2F)cc1. The molecular weight excluding hydrogens is 420 g/mol. The van der Waals surface area contributed by atoms with Gasteiger partial charge in [0.1, 0.15) is 35.2 Å². The summed E-state index contributed by atoms with van der Waals surface area (Å²) in [6.45, 7) is 1.70. The van der Waals surface area contributed by atoms with Crippen LogP contribution in [0.2, 0.25) is 0 Å². The summed E-state index contributed by atoms with van der Waals surface area (Å²) in [4.78, 5) is 4.31. The lowest BCUT2D eigenvalue weighted by molar-refractivity contribution is -0.137. The van der Waals surface area contributed by atoms with Gasteiger partial charge in [-0.2, -0.15) is 13.2 Å². The van der Waals surface area contributed by atoms with E-state index >= 15 is 0 Å². The molecule has 1 aliphatic heterocycles. The van der Waals surface area contributed by atoms with Gasteiger partial charge in [-0.25, -0.2) is 18.2 Å². The van der Waals surface area contributed by atoms with E-state index in [1.165, 1.54) is 6.07 Å². The Morgan fingerprint density at radius 2 is 1.48 bits per heavy atom. The van der Waals surface area contributed by atoms with Gasteiger partial charge >= 0.3 is 6.18 Å². The molecular formula is C23H15F6NO. The number of halogens is 6. The van der Waals surface area contributed by atoms with Gasteiger partial charge in [-0.3, -0.25) is 0 Å². The van der Waals surface area contributed by atoms with Crippen LogP contribution < -0.4 is 0 Å². The van der Waals surface area contributed by atoms with E-state index in [-0.39, 0.29) is 17.0 Å². The van der Waals surface area contributed by atoms with Gasteiger partial charge in [0.2, 0.25) is 5.90 Å². The summed E-state index contributed by atoms with van der Waals surface area (Å²) in [5, 5.41) is 0. The normalized spacial score (nSPS) is 18.6. The highest BCUT2D eigenvalue weighted by Gasteiger charge is 2.33. The molecule has 8 heteroatoms. The van der Waals surface area contributed by atoms with E-state index < -0.39 is 41.3 Å². The van der Waals surface area contributed by atoms with Crippen LogP contribution in [0.1, 0.15) is 29.7 Å². The largest absolute Gasteiger partial charge is 0.472 e. The van der Waals surface area contributed by atoms with Crippen LogP contribution in [-0.4, -0.2) is 12.0 Å². The Morgan fingerprint density at radius 3 is 2.06 bits per heavy atom. The van der Waals surface area contributed by atoms with Crippen molar-refractivity contribution in [1.82, 2.24) is 0 Å². The van der Waals surface area contributed by atoms with Gasteiger partial charge in [-0.15, -0.1) is 0 Å². The molecule has 4 rings (SSSR count).